The monoisotopic (exact) mass is 424 g/mol. The fraction of sp³-hybridized carbons (Fsp3) is 0.964. The maximum Gasteiger partial charge on any atom is 0.308 e. The molecule has 0 fully saturated rings. The van der Waals surface area contributed by atoms with Gasteiger partial charge in [-0.1, -0.05) is 137 Å². The van der Waals surface area contributed by atoms with Gasteiger partial charge in [0.05, 0.1) is 12.5 Å². The highest BCUT2D eigenvalue weighted by atomic mass is 16.5. The Hall–Kier alpha value is -0.530. The number of unbranched alkanes of at least 4 members (excludes halogenated alkanes) is 14. The van der Waals surface area contributed by atoms with Gasteiger partial charge in [-0.3, -0.25) is 4.79 Å². The fourth-order valence-electron chi connectivity index (χ4n) is 4.25. The van der Waals surface area contributed by atoms with Crippen molar-refractivity contribution < 1.29 is 9.53 Å². The Morgan fingerprint density at radius 1 is 0.567 bits per heavy atom. The Morgan fingerprint density at radius 3 is 1.40 bits per heavy atom. The molecule has 30 heavy (non-hydrogen) atoms. The Kier molecular flexibility index (Phi) is 22.7. The normalized spacial score (nSPS) is 13.3. The number of esters is 1. The van der Waals surface area contributed by atoms with E-state index in [1.54, 1.807) is 0 Å². The maximum atomic E-state index is 12.4. The van der Waals surface area contributed by atoms with Crippen molar-refractivity contribution >= 4 is 5.97 Å². The van der Waals surface area contributed by atoms with Crippen molar-refractivity contribution in [1.82, 2.24) is 0 Å². The SMILES string of the molecule is CCCCCCCCCCC(CCCCCCC)COC(=O)C(C)CCCCCC. The van der Waals surface area contributed by atoms with E-state index in [9.17, 15) is 4.79 Å². The minimum Gasteiger partial charge on any atom is -0.465 e. The molecule has 0 radical (unpaired) electrons. The number of hydrogen-bond acceptors (Lipinski definition) is 2. The van der Waals surface area contributed by atoms with Crippen molar-refractivity contribution in [3.05, 3.63) is 0 Å². The molecule has 0 N–H and O–H groups in total. The summed E-state index contributed by atoms with van der Waals surface area (Å²) in [7, 11) is 0. The quantitative estimate of drug-likeness (QED) is 0.120. The van der Waals surface area contributed by atoms with Crippen LogP contribution in [-0.4, -0.2) is 12.6 Å². The van der Waals surface area contributed by atoms with Gasteiger partial charge in [0.15, 0.2) is 0 Å². The predicted molar refractivity (Wildman–Crippen MR) is 133 cm³/mol. The van der Waals surface area contributed by atoms with E-state index in [-0.39, 0.29) is 11.9 Å². The average Bonchev–Trinajstić information content (AvgIpc) is 2.75. The topological polar surface area (TPSA) is 26.3 Å². The first-order valence-corrected chi connectivity index (χ1v) is 13.8. The molecule has 2 heteroatoms. The minimum atomic E-state index is 0.0402. The predicted octanol–water partition coefficient (Wildman–Crippen LogP) is 9.64. The van der Waals surface area contributed by atoms with Gasteiger partial charge >= 0.3 is 5.97 Å². The molecular formula is C28H56O2. The number of ether oxygens (including phenoxy) is 1. The van der Waals surface area contributed by atoms with Crippen LogP contribution in [0.2, 0.25) is 0 Å². The molecule has 0 spiro atoms. The van der Waals surface area contributed by atoms with Crippen molar-refractivity contribution in [2.45, 2.75) is 156 Å². The lowest BCUT2D eigenvalue weighted by Gasteiger charge is -2.19. The fourth-order valence-corrected chi connectivity index (χ4v) is 4.25. The van der Waals surface area contributed by atoms with Crippen LogP contribution in [0.4, 0.5) is 0 Å². The van der Waals surface area contributed by atoms with E-state index in [0.29, 0.717) is 12.5 Å². The van der Waals surface area contributed by atoms with E-state index >= 15 is 0 Å². The second-order valence-corrected chi connectivity index (χ2v) is 9.71. The zero-order chi connectivity index (χ0) is 22.3. The first kappa shape index (κ1) is 29.5. The lowest BCUT2D eigenvalue weighted by molar-refractivity contribution is -0.149. The highest BCUT2D eigenvalue weighted by Gasteiger charge is 2.17. The first-order valence-electron chi connectivity index (χ1n) is 13.8. The molecule has 0 aromatic carbocycles. The summed E-state index contributed by atoms with van der Waals surface area (Å²) in [6, 6.07) is 0. The molecule has 0 aliphatic rings. The van der Waals surface area contributed by atoms with Crippen LogP contribution in [0, 0.1) is 11.8 Å². The first-order chi connectivity index (χ1) is 14.7. The standard InChI is InChI=1S/C28H56O2/c1-5-8-11-14-15-16-18-21-24-27(23-20-17-12-9-6-2)25-30-28(29)26(4)22-19-13-10-7-3/h26-27H,5-25H2,1-4H3. The van der Waals surface area contributed by atoms with Crippen LogP contribution in [0.3, 0.4) is 0 Å². The van der Waals surface area contributed by atoms with Crippen molar-refractivity contribution in [2.75, 3.05) is 6.61 Å². The minimum absolute atomic E-state index is 0.0402. The third-order valence-electron chi connectivity index (χ3n) is 6.54. The Balaban J connectivity index is 4.10. The van der Waals surface area contributed by atoms with Crippen LogP contribution >= 0.6 is 0 Å². The van der Waals surface area contributed by atoms with Gasteiger partial charge in [0, 0.05) is 0 Å². The van der Waals surface area contributed by atoms with Gasteiger partial charge in [-0.2, -0.15) is 0 Å². The summed E-state index contributed by atoms with van der Waals surface area (Å²) < 4.78 is 5.78. The van der Waals surface area contributed by atoms with Crippen LogP contribution in [-0.2, 0) is 9.53 Å². The van der Waals surface area contributed by atoms with Gasteiger partial charge in [0.2, 0.25) is 0 Å². The van der Waals surface area contributed by atoms with Gasteiger partial charge in [-0.25, -0.2) is 0 Å². The van der Waals surface area contributed by atoms with Crippen LogP contribution in [0.1, 0.15) is 156 Å². The van der Waals surface area contributed by atoms with E-state index < -0.39 is 0 Å². The number of carbonyl (C=O) groups excluding carboxylic acids is 1. The Bertz CT molecular complexity index is 353. The van der Waals surface area contributed by atoms with Gasteiger partial charge in [0.1, 0.15) is 0 Å². The van der Waals surface area contributed by atoms with Crippen LogP contribution in [0.25, 0.3) is 0 Å². The molecule has 0 aliphatic heterocycles. The Labute approximate surface area is 190 Å². The molecule has 2 nitrogen and oxygen atoms in total. The molecule has 0 saturated heterocycles. The van der Waals surface area contributed by atoms with Gasteiger partial charge < -0.3 is 4.74 Å². The second-order valence-electron chi connectivity index (χ2n) is 9.71. The highest BCUT2D eigenvalue weighted by molar-refractivity contribution is 5.71. The zero-order valence-corrected chi connectivity index (χ0v) is 21.3. The number of carbonyl (C=O) groups is 1. The molecule has 180 valence electrons. The summed E-state index contributed by atoms with van der Waals surface area (Å²) in [4.78, 5) is 12.4. The molecule has 0 aromatic rings. The van der Waals surface area contributed by atoms with Gasteiger partial charge in [-0.15, -0.1) is 0 Å². The maximum absolute atomic E-state index is 12.4. The largest absolute Gasteiger partial charge is 0.465 e. The third-order valence-corrected chi connectivity index (χ3v) is 6.54. The van der Waals surface area contributed by atoms with Gasteiger partial charge in [0.25, 0.3) is 0 Å². The van der Waals surface area contributed by atoms with Crippen molar-refractivity contribution in [3.8, 4) is 0 Å². The summed E-state index contributed by atoms with van der Waals surface area (Å²) in [6.07, 6.45) is 26.0. The molecule has 2 atom stereocenters. The number of hydrogen-bond donors (Lipinski definition) is 0. The van der Waals surface area contributed by atoms with E-state index in [2.05, 4.69) is 20.8 Å². The van der Waals surface area contributed by atoms with Crippen molar-refractivity contribution in [3.63, 3.8) is 0 Å². The van der Waals surface area contributed by atoms with Crippen molar-refractivity contribution in [2.24, 2.45) is 11.8 Å². The molecule has 0 rings (SSSR count). The smallest absolute Gasteiger partial charge is 0.308 e. The van der Waals surface area contributed by atoms with Crippen molar-refractivity contribution in [1.29, 1.82) is 0 Å². The van der Waals surface area contributed by atoms with E-state index in [1.165, 1.54) is 116 Å². The molecule has 0 heterocycles. The number of rotatable bonds is 23. The van der Waals surface area contributed by atoms with Gasteiger partial charge in [-0.05, 0) is 25.2 Å². The molecule has 0 saturated carbocycles. The molecule has 0 aromatic heterocycles. The molecular weight excluding hydrogens is 368 g/mol. The summed E-state index contributed by atoms with van der Waals surface area (Å²) in [5.41, 5.74) is 0. The lowest BCUT2D eigenvalue weighted by atomic mass is 9.94. The highest BCUT2D eigenvalue weighted by Crippen LogP contribution is 2.21. The molecule has 0 bridgehead atoms. The zero-order valence-electron chi connectivity index (χ0n) is 21.3. The van der Waals surface area contributed by atoms with Crippen LogP contribution < -0.4 is 0 Å². The Morgan fingerprint density at radius 2 is 0.933 bits per heavy atom. The summed E-state index contributed by atoms with van der Waals surface area (Å²) in [6.45, 7) is 9.48. The molecule has 2 unspecified atom stereocenters. The summed E-state index contributed by atoms with van der Waals surface area (Å²) >= 11 is 0. The summed E-state index contributed by atoms with van der Waals surface area (Å²) in [5.74, 6) is 0.677. The molecule has 0 amide bonds. The van der Waals surface area contributed by atoms with E-state index in [1.807, 2.05) is 6.92 Å². The van der Waals surface area contributed by atoms with E-state index in [0.717, 1.165) is 12.8 Å². The van der Waals surface area contributed by atoms with Crippen LogP contribution in [0.15, 0.2) is 0 Å². The molecule has 0 aliphatic carbocycles. The van der Waals surface area contributed by atoms with Crippen LogP contribution in [0.5, 0.6) is 0 Å². The van der Waals surface area contributed by atoms with E-state index in [4.69, 9.17) is 4.74 Å². The third kappa shape index (κ3) is 19.4. The summed E-state index contributed by atoms with van der Waals surface area (Å²) in [5, 5.41) is 0. The average molecular weight is 425 g/mol. The lowest BCUT2D eigenvalue weighted by Crippen LogP contribution is -2.20. The second kappa shape index (κ2) is 23.1.